The molecule has 0 aromatic rings. The molecule has 1 unspecified atom stereocenters. The Bertz CT molecular complexity index is 123. The fraction of sp³-hybridized carbons (Fsp3) is 1.00. The van der Waals surface area contributed by atoms with Gasteiger partial charge < -0.3 is 5.32 Å². The van der Waals surface area contributed by atoms with Crippen molar-refractivity contribution in [3.63, 3.8) is 0 Å². The van der Waals surface area contributed by atoms with Crippen LogP contribution in [0.25, 0.3) is 0 Å². The Kier molecular flexibility index (Phi) is 1.95. The molecule has 0 spiro atoms. The highest BCUT2D eigenvalue weighted by Crippen LogP contribution is 2.34. The first-order valence-corrected chi connectivity index (χ1v) is 3.53. The summed E-state index contributed by atoms with van der Waals surface area (Å²) in [4.78, 5) is 0. The van der Waals surface area contributed by atoms with Gasteiger partial charge in [0, 0.05) is 19.0 Å². The monoisotopic (exact) mass is 149 g/mol. The maximum Gasteiger partial charge on any atom is 0.243 e. The van der Waals surface area contributed by atoms with Crippen LogP contribution in [0.2, 0.25) is 0 Å². The average Bonchev–Trinajstić information content (AvgIpc) is 2.08. The predicted molar refractivity (Wildman–Crippen MR) is 36.1 cm³/mol. The fourth-order valence-electron chi connectivity index (χ4n) is 1.39. The summed E-state index contributed by atoms with van der Waals surface area (Å²) in [6.45, 7) is 4.93. The lowest BCUT2D eigenvalue weighted by Gasteiger charge is -2.24. The zero-order valence-electron chi connectivity index (χ0n) is 6.32. The van der Waals surface area contributed by atoms with E-state index in [2.05, 4.69) is 5.32 Å². The topological polar surface area (TPSA) is 12.0 Å². The van der Waals surface area contributed by atoms with Crippen molar-refractivity contribution in [2.75, 3.05) is 13.1 Å². The molecule has 0 amide bonds. The minimum absolute atomic E-state index is 0.228. The minimum Gasteiger partial charge on any atom is -0.316 e. The summed E-state index contributed by atoms with van der Waals surface area (Å²) < 4.78 is 24.4. The fourth-order valence-corrected chi connectivity index (χ4v) is 1.39. The van der Waals surface area contributed by atoms with Gasteiger partial charge >= 0.3 is 0 Å². The Hall–Kier alpha value is -0.180. The van der Waals surface area contributed by atoms with Gasteiger partial charge in [0.25, 0.3) is 0 Å². The highest BCUT2D eigenvalue weighted by Gasteiger charge is 2.40. The maximum atomic E-state index is 12.2. The molecule has 0 aliphatic carbocycles. The molecule has 1 saturated heterocycles. The molecule has 1 rings (SSSR count). The van der Waals surface area contributed by atoms with Crippen LogP contribution in [0.1, 0.15) is 13.8 Å². The lowest BCUT2D eigenvalue weighted by molar-refractivity contribution is 0.0373. The molecule has 0 radical (unpaired) electrons. The SMILES string of the molecule is CC1(C)CNCC1C(F)F. The third kappa shape index (κ3) is 1.29. The molecule has 1 atom stereocenters. The molecular weight excluding hydrogens is 136 g/mol. The molecule has 1 aliphatic heterocycles. The zero-order valence-corrected chi connectivity index (χ0v) is 6.32. The minimum atomic E-state index is -2.18. The van der Waals surface area contributed by atoms with Crippen LogP contribution in [0.15, 0.2) is 0 Å². The standard InChI is InChI=1S/C7H13F2N/c1-7(2)4-10-3-5(7)6(8)9/h5-6,10H,3-4H2,1-2H3. The van der Waals surface area contributed by atoms with Crippen molar-refractivity contribution >= 4 is 0 Å². The van der Waals surface area contributed by atoms with Crippen LogP contribution >= 0.6 is 0 Å². The molecule has 1 N–H and O–H groups in total. The molecule has 1 heterocycles. The molecular formula is C7H13F2N. The van der Waals surface area contributed by atoms with Gasteiger partial charge in [-0.1, -0.05) is 13.8 Å². The third-order valence-electron chi connectivity index (χ3n) is 2.25. The highest BCUT2D eigenvalue weighted by molar-refractivity contribution is 4.89. The lowest BCUT2D eigenvalue weighted by Crippen LogP contribution is -2.27. The summed E-state index contributed by atoms with van der Waals surface area (Å²) in [7, 11) is 0. The van der Waals surface area contributed by atoms with Gasteiger partial charge in [0.1, 0.15) is 0 Å². The largest absolute Gasteiger partial charge is 0.316 e. The van der Waals surface area contributed by atoms with Crippen LogP contribution in [0.4, 0.5) is 8.78 Å². The summed E-state index contributed by atoms with van der Waals surface area (Å²) in [5.41, 5.74) is -0.228. The smallest absolute Gasteiger partial charge is 0.243 e. The Morgan fingerprint density at radius 3 is 2.30 bits per heavy atom. The maximum absolute atomic E-state index is 12.2. The van der Waals surface area contributed by atoms with E-state index in [1.54, 1.807) is 0 Å². The van der Waals surface area contributed by atoms with Gasteiger partial charge in [0.15, 0.2) is 0 Å². The molecule has 0 aromatic carbocycles. The number of rotatable bonds is 1. The number of hydrogen-bond donors (Lipinski definition) is 1. The Morgan fingerprint density at radius 2 is 2.10 bits per heavy atom. The third-order valence-corrected chi connectivity index (χ3v) is 2.25. The Morgan fingerprint density at radius 1 is 1.50 bits per heavy atom. The van der Waals surface area contributed by atoms with Gasteiger partial charge in [-0.15, -0.1) is 0 Å². The van der Waals surface area contributed by atoms with Crippen molar-refractivity contribution in [2.24, 2.45) is 11.3 Å². The predicted octanol–water partition coefficient (Wildman–Crippen LogP) is 1.50. The van der Waals surface area contributed by atoms with E-state index in [1.807, 2.05) is 13.8 Å². The second-order valence-electron chi connectivity index (χ2n) is 3.56. The van der Waals surface area contributed by atoms with Crippen molar-refractivity contribution in [3.05, 3.63) is 0 Å². The van der Waals surface area contributed by atoms with E-state index in [1.165, 1.54) is 0 Å². The number of hydrogen-bond acceptors (Lipinski definition) is 1. The van der Waals surface area contributed by atoms with Crippen LogP contribution in [0, 0.1) is 11.3 Å². The first-order chi connectivity index (χ1) is 4.54. The van der Waals surface area contributed by atoms with Crippen LogP contribution in [-0.2, 0) is 0 Å². The summed E-state index contributed by atoms with van der Waals surface area (Å²) in [6, 6.07) is 0. The van der Waals surface area contributed by atoms with Crippen LogP contribution in [0.5, 0.6) is 0 Å². The first-order valence-electron chi connectivity index (χ1n) is 3.53. The van der Waals surface area contributed by atoms with Gasteiger partial charge in [-0.3, -0.25) is 0 Å². The normalized spacial score (nSPS) is 31.5. The second-order valence-corrected chi connectivity index (χ2v) is 3.56. The molecule has 0 aromatic heterocycles. The summed E-state index contributed by atoms with van der Waals surface area (Å²) in [6.07, 6.45) is -2.18. The van der Waals surface area contributed by atoms with E-state index >= 15 is 0 Å². The average molecular weight is 149 g/mol. The molecule has 3 heteroatoms. The number of nitrogens with one attached hydrogen (secondary N) is 1. The quantitative estimate of drug-likeness (QED) is 0.595. The van der Waals surface area contributed by atoms with Gasteiger partial charge in [0.05, 0.1) is 0 Å². The van der Waals surface area contributed by atoms with Crippen molar-refractivity contribution in [2.45, 2.75) is 20.3 Å². The Balaban J connectivity index is 2.59. The van der Waals surface area contributed by atoms with E-state index in [0.29, 0.717) is 13.1 Å². The summed E-state index contributed by atoms with van der Waals surface area (Å²) >= 11 is 0. The second kappa shape index (κ2) is 2.46. The van der Waals surface area contributed by atoms with E-state index in [-0.39, 0.29) is 5.41 Å². The van der Waals surface area contributed by atoms with E-state index < -0.39 is 12.3 Å². The van der Waals surface area contributed by atoms with Crippen molar-refractivity contribution in [1.82, 2.24) is 5.32 Å². The van der Waals surface area contributed by atoms with Gasteiger partial charge in [-0.05, 0) is 5.41 Å². The van der Waals surface area contributed by atoms with E-state index in [0.717, 1.165) is 0 Å². The number of halogens is 2. The summed E-state index contributed by atoms with van der Waals surface area (Å²) in [5, 5.41) is 2.96. The molecule has 60 valence electrons. The van der Waals surface area contributed by atoms with Crippen LogP contribution in [0.3, 0.4) is 0 Å². The molecule has 1 nitrogen and oxygen atoms in total. The molecule has 0 bridgehead atoms. The number of alkyl halides is 2. The summed E-state index contributed by atoms with van der Waals surface area (Å²) in [5.74, 6) is -0.465. The van der Waals surface area contributed by atoms with Gasteiger partial charge in [-0.2, -0.15) is 0 Å². The Labute approximate surface area is 59.8 Å². The first kappa shape index (κ1) is 7.92. The molecule has 1 aliphatic rings. The van der Waals surface area contributed by atoms with Crippen LogP contribution < -0.4 is 5.32 Å². The zero-order chi connectivity index (χ0) is 7.78. The van der Waals surface area contributed by atoms with Crippen molar-refractivity contribution < 1.29 is 8.78 Å². The van der Waals surface area contributed by atoms with Crippen molar-refractivity contribution in [3.8, 4) is 0 Å². The van der Waals surface area contributed by atoms with Gasteiger partial charge in [-0.25, -0.2) is 8.78 Å². The lowest BCUT2D eigenvalue weighted by atomic mass is 9.82. The van der Waals surface area contributed by atoms with E-state index in [4.69, 9.17) is 0 Å². The van der Waals surface area contributed by atoms with Crippen molar-refractivity contribution in [1.29, 1.82) is 0 Å². The molecule has 10 heavy (non-hydrogen) atoms. The molecule has 1 fully saturated rings. The van der Waals surface area contributed by atoms with E-state index in [9.17, 15) is 8.78 Å². The van der Waals surface area contributed by atoms with Crippen LogP contribution in [-0.4, -0.2) is 19.5 Å². The highest BCUT2D eigenvalue weighted by atomic mass is 19.3. The molecule has 0 saturated carbocycles. The van der Waals surface area contributed by atoms with Gasteiger partial charge in [0.2, 0.25) is 6.43 Å².